The number of unbranched alkanes of at least 4 members (excludes halogenated alkanes) is 17. The van der Waals surface area contributed by atoms with E-state index >= 15 is 0 Å². The summed E-state index contributed by atoms with van der Waals surface area (Å²) in [4.78, 5) is 35.7. The lowest BCUT2D eigenvalue weighted by molar-refractivity contribution is -0.220. The molecule has 0 saturated heterocycles. The van der Waals surface area contributed by atoms with Crippen LogP contribution in [0.4, 0.5) is 0 Å². The summed E-state index contributed by atoms with van der Waals surface area (Å²) in [6.45, 7) is 3.23. The van der Waals surface area contributed by atoms with E-state index in [-0.39, 0.29) is 12.8 Å². The molecule has 0 aromatic carbocycles. The van der Waals surface area contributed by atoms with Gasteiger partial charge in [-0.2, -0.15) is 0 Å². The number of phosphoric ester groups is 1. The summed E-state index contributed by atoms with van der Waals surface area (Å²) in [5.74, 6) is -1.14. The number of esters is 2. The smallest absolute Gasteiger partial charge is 0.462 e. The van der Waals surface area contributed by atoms with Crippen molar-refractivity contribution in [3.05, 3.63) is 48.6 Å². The minimum Gasteiger partial charge on any atom is -0.462 e. The highest BCUT2D eigenvalue weighted by Gasteiger charge is 2.51. The number of phosphoric acid groups is 1. The van der Waals surface area contributed by atoms with Crippen LogP contribution in [0.25, 0.3) is 0 Å². The first kappa shape index (κ1) is 55.8. The van der Waals surface area contributed by atoms with E-state index in [1.54, 1.807) is 0 Å². The van der Waals surface area contributed by atoms with Gasteiger partial charge in [0.2, 0.25) is 0 Å². The largest absolute Gasteiger partial charge is 0.472 e. The maximum atomic E-state index is 12.8. The second-order valence-corrected chi connectivity index (χ2v) is 17.3. The molecule has 1 fully saturated rings. The molecular weight excluding hydrogens is 791 g/mol. The van der Waals surface area contributed by atoms with E-state index in [1.807, 2.05) is 0 Å². The molecule has 60 heavy (non-hydrogen) atoms. The number of ether oxygens (including phenoxy) is 2. The van der Waals surface area contributed by atoms with E-state index in [1.165, 1.54) is 51.4 Å². The maximum absolute atomic E-state index is 12.8. The number of aliphatic hydroxyl groups excluding tert-OH is 5. The number of aliphatic hydroxyl groups is 5. The predicted molar refractivity (Wildman–Crippen MR) is 235 cm³/mol. The molecule has 8 atom stereocenters. The zero-order valence-corrected chi connectivity index (χ0v) is 37.6. The Labute approximate surface area is 360 Å². The molecule has 0 aromatic heterocycles. The molecule has 0 bridgehead atoms. The number of rotatable bonds is 37. The van der Waals surface area contributed by atoms with E-state index in [0.717, 1.165) is 83.5 Å². The number of carbonyl (C=O) groups excluding carboxylic acids is 2. The van der Waals surface area contributed by atoms with Gasteiger partial charge in [-0.25, -0.2) is 4.57 Å². The minimum absolute atomic E-state index is 0.0683. The van der Waals surface area contributed by atoms with Crippen molar-refractivity contribution in [1.29, 1.82) is 0 Å². The molecule has 0 aliphatic heterocycles. The highest BCUT2D eigenvalue weighted by Crippen LogP contribution is 2.47. The first-order valence-corrected chi connectivity index (χ1v) is 24.4. The van der Waals surface area contributed by atoms with Crippen molar-refractivity contribution in [2.45, 2.75) is 217 Å². The third kappa shape index (κ3) is 28.4. The zero-order valence-electron chi connectivity index (χ0n) is 36.7. The van der Waals surface area contributed by atoms with Gasteiger partial charge < -0.3 is 39.9 Å². The second-order valence-electron chi connectivity index (χ2n) is 15.9. The summed E-state index contributed by atoms with van der Waals surface area (Å²) >= 11 is 0. The van der Waals surface area contributed by atoms with Crippen LogP contribution in [0.15, 0.2) is 48.6 Å². The van der Waals surface area contributed by atoms with Crippen molar-refractivity contribution in [2.75, 3.05) is 13.2 Å². The van der Waals surface area contributed by atoms with Gasteiger partial charge in [-0.15, -0.1) is 0 Å². The molecule has 1 saturated carbocycles. The van der Waals surface area contributed by atoms with Gasteiger partial charge in [-0.3, -0.25) is 18.6 Å². The predicted octanol–water partition coefficient (Wildman–Crippen LogP) is 8.78. The molecule has 6 N–H and O–H groups in total. The van der Waals surface area contributed by atoms with Gasteiger partial charge >= 0.3 is 19.8 Å². The summed E-state index contributed by atoms with van der Waals surface area (Å²) in [6.07, 6.45) is 28.7. The Morgan fingerprint density at radius 3 is 1.42 bits per heavy atom. The lowest BCUT2D eigenvalue weighted by Crippen LogP contribution is -2.64. The van der Waals surface area contributed by atoms with Gasteiger partial charge in [0, 0.05) is 12.8 Å². The fourth-order valence-electron chi connectivity index (χ4n) is 6.64. The molecule has 0 amide bonds. The number of carbonyl (C=O) groups is 2. The summed E-state index contributed by atoms with van der Waals surface area (Å²) in [7, 11) is -5.13. The first-order valence-electron chi connectivity index (χ1n) is 22.9. The van der Waals surface area contributed by atoms with Crippen molar-refractivity contribution in [3.8, 4) is 0 Å². The molecule has 0 heterocycles. The Balaban J connectivity index is 2.50. The van der Waals surface area contributed by atoms with E-state index in [2.05, 4.69) is 62.5 Å². The average Bonchev–Trinajstić information content (AvgIpc) is 3.23. The van der Waals surface area contributed by atoms with Crippen molar-refractivity contribution in [2.24, 2.45) is 0 Å². The lowest BCUT2D eigenvalue weighted by atomic mass is 9.85. The zero-order chi connectivity index (χ0) is 44.3. The van der Waals surface area contributed by atoms with Crippen LogP contribution < -0.4 is 0 Å². The third-order valence-electron chi connectivity index (χ3n) is 10.4. The van der Waals surface area contributed by atoms with E-state index in [9.17, 15) is 44.6 Å². The van der Waals surface area contributed by atoms with Crippen molar-refractivity contribution in [3.63, 3.8) is 0 Å². The molecule has 0 spiro atoms. The van der Waals surface area contributed by atoms with Crippen LogP contribution >= 0.6 is 7.82 Å². The summed E-state index contributed by atoms with van der Waals surface area (Å²) < 4.78 is 33.5. The molecule has 6 unspecified atom stereocenters. The minimum atomic E-state index is -5.13. The number of allylic oxidation sites excluding steroid dienone is 8. The highest BCUT2D eigenvalue weighted by molar-refractivity contribution is 7.47. The molecule has 0 aromatic rings. The second kappa shape index (κ2) is 36.3. The van der Waals surface area contributed by atoms with Crippen LogP contribution in [-0.2, 0) is 32.7 Å². The third-order valence-corrected chi connectivity index (χ3v) is 11.4. The molecule has 0 radical (unpaired) electrons. The van der Waals surface area contributed by atoms with Crippen LogP contribution in [0.3, 0.4) is 0 Å². The van der Waals surface area contributed by atoms with Gasteiger partial charge in [-0.1, -0.05) is 133 Å². The highest BCUT2D eigenvalue weighted by atomic mass is 31.2. The summed E-state index contributed by atoms with van der Waals surface area (Å²) in [5, 5.41) is 50.1. The van der Waals surface area contributed by atoms with Gasteiger partial charge in [0.1, 0.15) is 43.2 Å². The molecule has 1 aliphatic carbocycles. The Morgan fingerprint density at radius 2 is 0.900 bits per heavy atom. The van der Waals surface area contributed by atoms with E-state index < -0.39 is 75.7 Å². The Hall–Kier alpha value is -2.19. The van der Waals surface area contributed by atoms with Gasteiger partial charge in [0.15, 0.2) is 6.10 Å². The monoisotopic (exact) mass is 873 g/mol. The lowest BCUT2D eigenvalue weighted by Gasteiger charge is -2.41. The first-order chi connectivity index (χ1) is 28.9. The van der Waals surface area contributed by atoms with Crippen LogP contribution in [-0.4, -0.2) is 98.3 Å². The molecule has 1 rings (SSSR count). The van der Waals surface area contributed by atoms with E-state index in [4.69, 9.17) is 18.5 Å². The summed E-state index contributed by atoms with van der Waals surface area (Å²) in [6, 6.07) is 0. The average molecular weight is 873 g/mol. The normalized spacial score (nSPS) is 22.6. The fourth-order valence-corrected chi connectivity index (χ4v) is 7.61. The van der Waals surface area contributed by atoms with Crippen molar-refractivity contribution >= 4 is 19.8 Å². The quantitative estimate of drug-likeness (QED) is 0.0149. The van der Waals surface area contributed by atoms with Crippen molar-refractivity contribution in [1.82, 2.24) is 0 Å². The Morgan fingerprint density at radius 1 is 0.517 bits per heavy atom. The standard InChI is InChI=1S/C46H81O13P/c1-3-5-7-9-11-13-15-17-19-20-21-23-25-27-29-31-33-35-40(48)58-38(37-57-60(54,55)59-46-44(52)42(50)41(49)43(51)45(46)53)36-56-39(47)34-32-30-28-26-24-22-18-16-14-12-10-8-6-4-2/h11,13,16-19,21,23,38,41-46,49-53H,3-10,12,14-15,20,22,24-37H2,1-2H3,(H,54,55)/b13-11+,18-16+,19-17+,23-21+/t38-,41?,42-,43?,44?,45?,46?/m1/s1. The van der Waals surface area contributed by atoms with Crippen LogP contribution in [0.5, 0.6) is 0 Å². The van der Waals surface area contributed by atoms with Gasteiger partial charge in [0.05, 0.1) is 6.61 Å². The molecular formula is C46H81O13P. The molecule has 13 nitrogen and oxygen atoms in total. The van der Waals surface area contributed by atoms with Gasteiger partial charge in [0.25, 0.3) is 0 Å². The maximum Gasteiger partial charge on any atom is 0.472 e. The van der Waals surface area contributed by atoms with Crippen LogP contribution in [0, 0.1) is 0 Å². The van der Waals surface area contributed by atoms with Gasteiger partial charge in [-0.05, 0) is 77.0 Å². The summed E-state index contributed by atoms with van der Waals surface area (Å²) in [5.41, 5.74) is 0. The molecule has 14 heteroatoms. The van der Waals surface area contributed by atoms with E-state index in [0.29, 0.717) is 12.8 Å². The Kier molecular flexibility index (Phi) is 33.8. The molecule has 1 aliphatic rings. The van der Waals surface area contributed by atoms with Crippen molar-refractivity contribution < 1.29 is 63.1 Å². The SMILES string of the molecule is CCCCC/C=C/C/C=C/C/C=C/CCCCCCC(=O)O[C@H](COC(=O)CCCCCCC/C=C/CCCCCCC)COP(=O)(O)OC1C(O)C(O)C(O)[C@@H](O)C1O. The molecule has 348 valence electrons. The fraction of sp³-hybridized carbons (Fsp3) is 0.783. The number of hydrogen-bond donors (Lipinski definition) is 6. The van der Waals surface area contributed by atoms with Crippen LogP contribution in [0.1, 0.15) is 174 Å². The topological polar surface area (TPSA) is 210 Å². The number of hydrogen-bond acceptors (Lipinski definition) is 12. The Bertz CT molecular complexity index is 1240. The van der Waals surface area contributed by atoms with Crippen LogP contribution in [0.2, 0.25) is 0 Å².